The minimum atomic E-state index is -0.278. The number of hydrogen-bond acceptors (Lipinski definition) is 5. The maximum absolute atomic E-state index is 13.0. The van der Waals surface area contributed by atoms with Gasteiger partial charge in [0.2, 0.25) is 11.8 Å². The van der Waals surface area contributed by atoms with Gasteiger partial charge in [-0.3, -0.25) is 19.3 Å². The largest absolute Gasteiger partial charge is 0.497 e. The van der Waals surface area contributed by atoms with E-state index in [1.54, 1.807) is 49.6 Å². The summed E-state index contributed by atoms with van der Waals surface area (Å²) >= 11 is 1.42. The normalized spacial score (nSPS) is 12.5. The van der Waals surface area contributed by atoms with E-state index < -0.39 is 0 Å². The van der Waals surface area contributed by atoms with E-state index >= 15 is 0 Å². The Morgan fingerprint density at radius 3 is 2.47 bits per heavy atom. The fraction of sp³-hybridized carbons (Fsp3) is 0.125. The molecule has 0 unspecified atom stereocenters. The quantitative estimate of drug-likeness (QED) is 0.557. The molecule has 3 amide bonds. The van der Waals surface area contributed by atoms with Crippen LogP contribution in [-0.4, -0.2) is 37.1 Å². The molecule has 0 fully saturated rings. The van der Waals surface area contributed by atoms with Crippen LogP contribution in [0.2, 0.25) is 0 Å². The number of carbonyl (C=O) groups excluding carboxylic acids is 3. The highest BCUT2D eigenvalue weighted by Crippen LogP contribution is 2.30. The van der Waals surface area contributed by atoms with E-state index in [1.807, 2.05) is 30.3 Å². The zero-order valence-corrected chi connectivity index (χ0v) is 18.1. The second-order valence-corrected chi connectivity index (χ2v) is 8.10. The number of anilines is 3. The van der Waals surface area contributed by atoms with Crippen molar-refractivity contribution < 1.29 is 19.1 Å². The fourth-order valence-corrected chi connectivity index (χ4v) is 3.98. The lowest BCUT2D eigenvalue weighted by Gasteiger charge is -2.29. The first kappa shape index (κ1) is 21.5. The molecule has 3 aromatic rings. The van der Waals surface area contributed by atoms with E-state index in [9.17, 15) is 14.4 Å². The van der Waals surface area contributed by atoms with Gasteiger partial charge in [-0.2, -0.15) is 0 Å². The molecule has 0 radical (unpaired) electrons. The smallest absolute Gasteiger partial charge is 0.258 e. The molecule has 0 bridgehead atoms. The number of benzene rings is 3. The lowest BCUT2D eigenvalue weighted by atomic mass is 10.1. The van der Waals surface area contributed by atoms with Crippen LogP contribution < -0.4 is 20.3 Å². The van der Waals surface area contributed by atoms with Crippen molar-refractivity contribution in [2.75, 3.05) is 34.9 Å². The number of nitrogens with zero attached hydrogens (tertiary/aromatic N) is 1. The predicted octanol–water partition coefficient (Wildman–Crippen LogP) is 4.02. The highest BCUT2D eigenvalue weighted by atomic mass is 32.2. The molecule has 0 aromatic heterocycles. The predicted molar refractivity (Wildman–Crippen MR) is 126 cm³/mol. The topological polar surface area (TPSA) is 87.7 Å². The van der Waals surface area contributed by atoms with Crippen molar-refractivity contribution in [1.29, 1.82) is 0 Å². The van der Waals surface area contributed by atoms with E-state index in [0.29, 0.717) is 22.6 Å². The number of thioether (sulfide) groups is 1. The van der Waals surface area contributed by atoms with Crippen LogP contribution in [-0.2, 0) is 9.59 Å². The number of nitrogens with one attached hydrogen (secondary N) is 2. The van der Waals surface area contributed by atoms with Crippen molar-refractivity contribution in [3.63, 3.8) is 0 Å². The summed E-state index contributed by atoms with van der Waals surface area (Å²) in [5.41, 5.74) is 2.29. The van der Waals surface area contributed by atoms with Crippen molar-refractivity contribution in [2.45, 2.75) is 4.90 Å². The molecule has 162 valence electrons. The highest BCUT2D eigenvalue weighted by Gasteiger charge is 2.27. The third-order valence-corrected chi connectivity index (χ3v) is 5.87. The number of rotatable bonds is 6. The van der Waals surface area contributed by atoms with Gasteiger partial charge in [0.1, 0.15) is 12.3 Å². The van der Waals surface area contributed by atoms with Crippen LogP contribution in [0.5, 0.6) is 5.75 Å². The molecule has 2 N–H and O–H groups in total. The lowest BCUT2D eigenvalue weighted by molar-refractivity contribution is -0.115. The van der Waals surface area contributed by atoms with E-state index in [1.165, 1.54) is 16.7 Å². The van der Waals surface area contributed by atoms with Crippen LogP contribution in [0.4, 0.5) is 17.1 Å². The molecule has 0 aliphatic carbocycles. The van der Waals surface area contributed by atoms with E-state index in [4.69, 9.17) is 4.74 Å². The summed E-state index contributed by atoms with van der Waals surface area (Å²) in [5, 5.41) is 5.60. The molecule has 0 saturated heterocycles. The number of para-hydroxylation sites is 2. The average molecular weight is 448 g/mol. The van der Waals surface area contributed by atoms with Crippen LogP contribution in [0.3, 0.4) is 0 Å². The van der Waals surface area contributed by atoms with Crippen LogP contribution in [0.25, 0.3) is 0 Å². The molecule has 32 heavy (non-hydrogen) atoms. The highest BCUT2D eigenvalue weighted by molar-refractivity contribution is 8.00. The first-order chi connectivity index (χ1) is 15.5. The van der Waals surface area contributed by atoms with Crippen LogP contribution >= 0.6 is 11.8 Å². The first-order valence-electron chi connectivity index (χ1n) is 9.91. The summed E-state index contributed by atoms with van der Waals surface area (Å²) in [5.74, 6) is 0.358. The van der Waals surface area contributed by atoms with Gasteiger partial charge in [-0.25, -0.2) is 0 Å². The summed E-state index contributed by atoms with van der Waals surface area (Å²) < 4.78 is 5.13. The minimum absolute atomic E-state index is 0.0447. The molecule has 4 rings (SSSR count). The molecular weight excluding hydrogens is 426 g/mol. The Bertz CT molecular complexity index is 1150. The molecule has 7 nitrogen and oxygen atoms in total. The Hall–Kier alpha value is -3.78. The van der Waals surface area contributed by atoms with E-state index in [-0.39, 0.29) is 30.0 Å². The first-order valence-corrected chi connectivity index (χ1v) is 10.9. The summed E-state index contributed by atoms with van der Waals surface area (Å²) in [6, 6.07) is 21.3. The zero-order valence-electron chi connectivity index (χ0n) is 17.3. The van der Waals surface area contributed by atoms with Gasteiger partial charge in [0, 0.05) is 16.1 Å². The zero-order chi connectivity index (χ0) is 22.5. The molecule has 0 saturated carbocycles. The van der Waals surface area contributed by atoms with Crippen molar-refractivity contribution in [3.05, 3.63) is 78.4 Å². The molecule has 0 spiro atoms. The van der Waals surface area contributed by atoms with Gasteiger partial charge < -0.3 is 15.4 Å². The van der Waals surface area contributed by atoms with Crippen molar-refractivity contribution >= 4 is 46.5 Å². The SMILES string of the molecule is COc1ccc(SCC(=O)Nc2ccc(C(=O)N3CC(=O)Nc4ccccc43)cc2)cc1. The molecule has 1 aliphatic heterocycles. The van der Waals surface area contributed by atoms with Crippen LogP contribution in [0, 0.1) is 0 Å². The fourth-order valence-electron chi connectivity index (χ4n) is 3.28. The summed E-state index contributed by atoms with van der Waals surface area (Å²) in [6.45, 7) is -0.0447. The molecular formula is C24H21N3O4S. The Morgan fingerprint density at radius 1 is 1.03 bits per heavy atom. The number of ether oxygens (including phenoxy) is 1. The Morgan fingerprint density at radius 2 is 1.75 bits per heavy atom. The second kappa shape index (κ2) is 9.57. The summed E-state index contributed by atoms with van der Waals surface area (Å²) in [7, 11) is 1.61. The third kappa shape index (κ3) is 4.92. The standard InChI is InChI=1S/C24H21N3O4S/c1-31-18-10-12-19(13-11-18)32-15-23(29)25-17-8-6-16(7-9-17)24(30)27-14-22(28)26-20-4-2-3-5-21(20)27/h2-13H,14-15H2,1H3,(H,25,29)(H,26,28). The number of amides is 3. The number of methoxy groups -OCH3 is 1. The van der Waals surface area contributed by atoms with Gasteiger partial charge in [0.05, 0.1) is 24.2 Å². The average Bonchev–Trinajstić information content (AvgIpc) is 2.82. The molecule has 0 atom stereocenters. The Balaban J connectivity index is 1.37. The van der Waals surface area contributed by atoms with Crippen molar-refractivity contribution in [3.8, 4) is 5.75 Å². The Labute approximate surface area is 189 Å². The van der Waals surface area contributed by atoms with Gasteiger partial charge in [-0.15, -0.1) is 11.8 Å². The molecule has 1 heterocycles. The van der Waals surface area contributed by atoms with Gasteiger partial charge in [0.25, 0.3) is 5.91 Å². The lowest BCUT2D eigenvalue weighted by Crippen LogP contribution is -2.42. The summed E-state index contributed by atoms with van der Waals surface area (Å²) in [6.07, 6.45) is 0. The van der Waals surface area contributed by atoms with Gasteiger partial charge >= 0.3 is 0 Å². The van der Waals surface area contributed by atoms with Gasteiger partial charge in [-0.05, 0) is 60.7 Å². The van der Waals surface area contributed by atoms with Crippen molar-refractivity contribution in [2.24, 2.45) is 0 Å². The van der Waals surface area contributed by atoms with E-state index in [2.05, 4.69) is 10.6 Å². The molecule has 3 aromatic carbocycles. The van der Waals surface area contributed by atoms with Crippen molar-refractivity contribution in [1.82, 2.24) is 0 Å². The number of fused-ring (bicyclic) bond motifs is 1. The van der Waals surface area contributed by atoms with Gasteiger partial charge in [0.15, 0.2) is 0 Å². The Kier molecular flexibility index (Phi) is 6.42. The third-order valence-electron chi connectivity index (χ3n) is 4.86. The van der Waals surface area contributed by atoms with Crippen LogP contribution in [0.1, 0.15) is 10.4 Å². The monoisotopic (exact) mass is 447 g/mol. The number of hydrogen-bond donors (Lipinski definition) is 2. The van der Waals surface area contributed by atoms with Crippen LogP contribution in [0.15, 0.2) is 77.7 Å². The van der Waals surface area contributed by atoms with Gasteiger partial charge in [-0.1, -0.05) is 12.1 Å². The molecule has 8 heteroatoms. The maximum atomic E-state index is 13.0. The minimum Gasteiger partial charge on any atom is -0.497 e. The maximum Gasteiger partial charge on any atom is 0.258 e. The molecule has 1 aliphatic rings. The summed E-state index contributed by atoms with van der Waals surface area (Å²) in [4.78, 5) is 39.7. The van der Waals surface area contributed by atoms with E-state index in [0.717, 1.165) is 10.6 Å². The second-order valence-electron chi connectivity index (χ2n) is 7.05. The number of carbonyl (C=O) groups is 3.